The molecule has 0 saturated carbocycles. The Labute approximate surface area is 121 Å². The number of aromatic nitrogens is 2. The molecule has 1 unspecified atom stereocenters. The molecule has 0 aliphatic carbocycles. The maximum Gasteiger partial charge on any atom is 0.109 e. The van der Waals surface area contributed by atoms with Crippen LogP contribution in [-0.4, -0.2) is 9.55 Å². The second kappa shape index (κ2) is 4.76. The van der Waals surface area contributed by atoms with Gasteiger partial charge in [0.25, 0.3) is 0 Å². The standard InChI is InChI=1S/C18H24N2/c1-13-6-5-7-17-19-16(12-20(13)17)14-8-10-15(11-9-14)18(2,3)4/h8-13H,5-7H2,1-4H3. The summed E-state index contributed by atoms with van der Waals surface area (Å²) in [6, 6.07) is 9.47. The fraction of sp³-hybridized carbons (Fsp3) is 0.500. The Morgan fingerprint density at radius 1 is 1.15 bits per heavy atom. The second-order valence-corrected chi connectivity index (χ2v) is 7.02. The van der Waals surface area contributed by atoms with Crippen LogP contribution in [0.4, 0.5) is 0 Å². The molecule has 0 fully saturated rings. The van der Waals surface area contributed by atoms with Crippen LogP contribution in [-0.2, 0) is 11.8 Å². The first kappa shape index (κ1) is 13.4. The first-order valence-corrected chi connectivity index (χ1v) is 7.64. The van der Waals surface area contributed by atoms with Crippen LogP contribution in [0.1, 0.15) is 58.0 Å². The van der Waals surface area contributed by atoms with Gasteiger partial charge in [-0.3, -0.25) is 0 Å². The van der Waals surface area contributed by atoms with E-state index in [-0.39, 0.29) is 5.41 Å². The van der Waals surface area contributed by atoms with Crippen molar-refractivity contribution in [1.82, 2.24) is 9.55 Å². The van der Waals surface area contributed by atoms with Gasteiger partial charge in [-0.05, 0) is 30.7 Å². The van der Waals surface area contributed by atoms with E-state index in [4.69, 9.17) is 4.98 Å². The van der Waals surface area contributed by atoms with Crippen LogP contribution in [0.15, 0.2) is 30.5 Å². The van der Waals surface area contributed by atoms with E-state index < -0.39 is 0 Å². The Bertz CT molecular complexity index is 599. The summed E-state index contributed by atoms with van der Waals surface area (Å²) in [6.45, 7) is 9.04. The van der Waals surface area contributed by atoms with Gasteiger partial charge in [0, 0.05) is 24.2 Å². The summed E-state index contributed by atoms with van der Waals surface area (Å²) in [5.41, 5.74) is 3.93. The minimum Gasteiger partial charge on any atom is -0.331 e. The smallest absolute Gasteiger partial charge is 0.109 e. The van der Waals surface area contributed by atoms with Gasteiger partial charge in [-0.1, -0.05) is 45.0 Å². The third-order valence-electron chi connectivity index (χ3n) is 4.35. The van der Waals surface area contributed by atoms with Gasteiger partial charge in [-0.15, -0.1) is 0 Å². The van der Waals surface area contributed by atoms with Crippen LogP contribution in [0.3, 0.4) is 0 Å². The summed E-state index contributed by atoms with van der Waals surface area (Å²) in [7, 11) is 0. The third-order valence-corrected chi connectivity index (χ3v) is 4.35. The molecule has 1 aromatic heterocycles. The lowest BCUT2D eigenvalue weighted by atomic mass is 9.86. The molecule has 20 heavy (non-hydrogen) atoms. The van der Waals surface area contributed by atoms with E-state index in [0.717, 1.165) is 12.1 Å². The van der Waals surface area contributed by atoms with E-state index in [1.807, 2.05) is 0 Å². The number of hydrogen-bond acceptors (Lipinski definition) is 1. The highest BCUT2D eigenvalue weighted by Gasteiger charge is 2.19. The number of hydrogen-bond donors (Lipinski definition) is 0. The van der Waals surface area contributed by atoms with Crippen molar-refractivity contribution in [3.8, 4) is 11.3 Å². The summed E-state index contributed by atoms with van der Waals surface area (Å²) in [5.74, 6) is 1.25. The molecule has 0 spiro atoms. The van der Waals surface area contributed by atoms with Crippen LogP contribution >= 0.6 is 0 Å². The van der Waals surface area contributed by atoms with E-state index in [0.29, 0.717) is 6.04 Å². The van der Waals surface area contributed by atoms with Crippen molar-refractivity contribution in [2.75, 3.05) is 0 Å². The van der Waals surface area contributed by atoms with Crippen molar-refractivity contribution in [2.45, 2.75) is 58.4 Å². The van der Waals surface area contributed by atoms with E-state index in [9.17, 15) is 0 Å². The van der Waals surface area contributed by atoms with Gasteiger partial charge in [0.2, 0.25) is 0 Å². The van der Waals surface area contributed by atoms with Crippen LogP contribution in [0, 0.1) is 0 Å². The Kier molecular flexibility index (Phi) is 3.19. The van der Waals surface area contributed by atoms with Crippen molar-refractivity contribution < 1.29 is 0 Å². The highest BCUT2D eigenvalue weighted by Crippen LogP contribution is 2.29. The summed E-state index contributed by atoms with van der Waals surface area (Å²) in [4.78, 5) is 4.83. The molecule has 1 aromatic carbocycles. The zero-order chi connectivity index (χ0) is 14.3. The topological polar surface area (TPSA) is 17.8 Å². The minimum atomic E-state index is 0.209. The van der Waals surface area contributed by atoms with Crippen molar-refractivity contribution >= 4 is 0 Å². The fourth-order valence-corrected chi connectivity index (χ4v) is 2.97. The Balaban J connectivity index is 1.94. The zero-order valence-electron chi connectivity index (χ0n) is 13.0. The van der Waals surface area contributed by atoms with Crippen molar-refractivity contribution in [2.24, 2.45) is 0 Å². The lowest BCUT2D eigenvalue weighted by molar-refractivity contribution is 0.426. The molecule has 2 nitrogen and oxygen atoms in total. The zero-order valence-corrected chi connectivity index (χ0v) is 13.0. The molecule has 1 aliphatic rings. The highest BCUT2D eigenvalue weighted by molar-refractivity contribution is 5.59. The number of imidazole rings is 1. The Morgan fingerprint density at radius 2 is 1.85 bits per heavy atom. The Morgan fingerprint density at radius 3 is 2.45 bits per heavy atom. The molecule has 2 aromatic rings. The molecule has 2 heteroatoms. The summed E-state index contributed by atoms with van der Waals surface area (Å²) in [5, 5.41) is 0. The van der Waals surface area contributed by atoms with Gasteiger partial charge >= 0.3 is 0 Å². The van der Waals surface area contributed by atoms with E-state index in [1.54, 1.807) is 0 Å². The summed E-state index contributed by atoms with van der Waals surface area (Å²) < 4.78 is 2.36. The molecule has 1 aliphatic heterocycles. The fourth-order valence-electron chi connectivity index (χ4n) is 2.97. The van der Waals surface area contributed by atoms with Gasteiger partial charge < -0.3 is 4.57 Å². The van der Waals surface area contributed by atoms with Crippen molar-refractivity contribution in [3.63, 3.8) is 0 Å². The molecule has 0 saturated heterocycles. The lowest BCUT2D eigenvalue weighted by Crippen LogP contribution is -2.14. The molecule has 3 rings (SSSR count). The lowest BCUT2D eigenvalue weighted by Gasteiger charge is -2.20. The molecule has 0 bridgehead atoms. The summed E-state index contributed by atoms with van der Waals surface area (Å²) >= 11 is 0. The predicted molar refractivity (Wildman–Crippen MR) is 84.0 cm³/mol. The first-order valence-electron chi connectivity index (χ1n) is 7.64. The average Bonchev–Trinajstić information content (AvgIpc) is 2.83. The van der Waals surface area contributed by atoms with Gasteiger partial charge in [0.15, 0.2) is 0 Å². The monoisotopic (exact) mass is 268 g/mol. The minimum absolute atomic E-state index is 0.209. The molecule has 1 atom stereocenters. The van der Waals surface area contributed by atoms with Crippen LogP contribution < -0.4 is 0 Å². The molecule has 0 radical (unpaired) electrons. The number of rotatable bonds is 1. The highest BCUT2D eigenvalue weighted by atomic mass is 15.1. The van der Waals surface area contributed by atoms with E-state index in [2.05, 4.69) is 62.7 Å². The maximum absolute atomic E-state index is 4.83. The molecule has 0 amide bonds. The first-order chi connectivity index (χ1) is 9.45. The van der Waals surface area contributed by atoms with Gasteiger partial charge in [0.05, 0.1) is 5.69 Å². The number of fused-ring (bicyclic) bond motifs is 1. The van der Waals surface area contributed by atoms with Crippen LogP contribution in [0.2, 0.25) is 0 Å². The van der Waals surface area contributed by atoms with Gasteiger partial charge in [0.1, 0.15) is 5.82 Å². The summed E-state index contributed by atoms with van der Waals surface area (Å²) in [6.07, 6.45) is 5.88. The van der Waals surface area contributed by atoms with Gasteiger partial charge in [-0.25, -0.2) is 4.98 Å². The number of aryl methyl sites for hydroxylation is 1. The predicted octanol–water partition coefficient (Wildman–Crippen LogP) is 4.74. The third kappa shape index (κ3) is 2.39. The maximum atomic E-state index is 4.83. The molecule has 2 heterocycles. The van der Waals surface area contributed by atoms with Crippen LogP contribution in [0.25, 0.3) is 11.3 Å². The second-order valence-electron chi connectivity index (χ2n) is 7.02. The largest absolute Gasteiger partial charge is 0.331 e. The van der Waals surface area contributed by atoms with Crippen molar-refractivity contribution in [1.29, 1.82) is 0 Å². The SMILES string of the molecule is CC1CCCc2nc(-c3ccc(C(C)(C)C)cc3)cn21. The molecular weight excluding hydrogens is 244 g/mol. The van der Waals surface area contributed by atoms with Crippen LogP contribution in [0.5, 0.6) is 0 Å². The van der Waals surface area contributed by atoms with Gasteiger partial charge in [-0.2, -0.15) is 0 Å². The van der Waals surface area contributed by atoms with E-state index in [1.165, 1.54) is 29.8 Å². The molecule has 106 valence electrons. The molecule has 0 N–H and O–H groups in total. The van der Waals surface area contributed by atoms with Crippen molar-refractivity contribution in [3.05, 3.63) is 41.9 Å². The average molecular weight is 268 g/mol. The molecular formula is C18H24N2. The number of nitrogens with zero attached hydrogens (tertiary/aromatic N) is 2. The van der Waals surface area contributed by atoms with E-state index >= 15 is 0 Å². The number of benzene rings is 1. The quantitative estimate of drug-likeness (QED) is 0.730. The normalized spacial score (nSPS) is 18.9. The Hall–Kier alpha value is -1.57.